The smallest absolute Gasteiger partial charge is 0.407 e. The van der Waals surface area contributed by atoms with Crippen molar-refractivity contribution < 1.29 is 33.8 Å². The van der Waals surface area contributed by atoms with Crippen LogP contribution >= 0.6 is 0 Å². The summed E-state index contributed by atoms with van der Waals surface area (Å²) >= 11 is 0. The van der Waals surface area contributed by atoms with Gasteiger partial charge in [0, 0.05) is 35.2 Å². The normalized spacial score (nSPS) is 19.1. The van der Waals surface area contributed by atoms with Crippen molar-refractivity contribution >= 4 is 34.7 Å². The van der Waals surface area contributed by atoms with Crippen LogP contribution in [0.5, 0.6) is 5.75 Å². The van der Waals surface area contributed by atoms with E-state index in [0.717, 1.165) is 76.1 Å². The Labute approximate surface area is 354 Å². The van der Waals surface area contributed by atoms with E-state index in [2.05, 4.69) is 55.5 Å². The fourth-order valence-corrected chi connectivity index (χ4v) is 9.19. The van der Waals surface area contributed by atoms with Crippen LogP contribution in [0.3, 0.4) is 0 Å². The van der Waals surface area contributed by atoms with Gasteiger partial charge < -0.3 is 49.5 Å². The first-order valence-electron chi connectivity index (χ1n) is 21.1. The standard InChI is InChI=1S/C45H55N9O7/c1-24(2)38(50-37(56)23-55)42(57)52-16-8-10-33(52)40-46-21-30(48-40)26-13-15-32-28(18-26)19-35-29-14-12-27(20-36(29)61-45(5,6)54(32)35)31-22-47-41(49-31)34-11-9-17-53(34)43(58)39(25(3)4)51-44(59)60-7/h12-15,18-22,24-25,33-34,38-39,55H,8-11,16-17,23H2,1-7H3,(H,46,48)(H,47,49)(H,50,56)(H,51,59). The maximum absolute atomic E-state index is 13.7. The number of ether oxygens (including phenoxy) is 2. The number of aliphatic hydroxyl groups is 1. The third-order valence-electron chi connectivity index (χ3n) is 12.3. The summed E-state index contributed by atoms with van der Waals surface area (Å²) in [4.78, 5) is 71.4. The highest BCUT2D eigenvalue weighted by Gasteiger charge is 2.40. The lowest BCUT2D eigenvalue weighted by molar-refractivity contribution is -0.139. The number of methoxy groups -OCH3 is 1. The summed E-state index contributed by atoms with van der Waals surface area (Å²) in [6.07, 6.45) is 6.10. The number of nitrogens with one attached hydrogen (secondary N) is 4. The maximum Gasteiger partial charge on any atom is 0.407 e. The Morgan fingerprint density at radius 2 is 1.39 bits per heavy atom. The molecule has 3 aliphatic rings. The van der Waals surface area contributed by atoms with E-state index in [1.165, 1.54) is 7.11 Å². The van der Waals surface area contributed by atoms with E-state index >= 15 is 0 Å². The minimum atomic E-state index is -0.740. The number of benzene rings is 2. The van der Waals surface area contributed by atoms with Crippen LogP contribution < -0.4 is 15.4 Å². The molecule has 2 aromatic carbocycles. The lowest BCUT2D eigenvalue weighted by atomic mass is 10.0. The Hall–Kier alpha value is -6.16. The van der Waals surface area contributed by atoms with Gasteiger partial charge in [0.1, 0.15) is 36.1 Å². The summed E-state index contributed by atoms with van der Waals surface area (Å²) in [5.41, 5.74) is 5.76. The molecule has 0 saturated carbocycles. The number of hydrogen-bond donors (Lipinski definition) is 5. The quantitative estimate of drug-likeness (QED) is 0.106. The molecule has 4 amide bonds. The van der Waals surface area contributed by atoms with Gasteiger partial charge in [0.25, 0.3) is 0 Å². The first kappa shape index (κ1) is 41.6. The number of aromatic amines is 2. The second-order valence-electron chi connectivity index (χ2n) is 17.4. The number of aromatic nitrogens is 5. The average molecular weight is 834 g/mol. The topological polar surface area (TPSA) is 200 Å². The monoisotopic (exact) mass is 833 g/mol. The molecule has 0 bridgehead atoms. The predicted molar refractivity (Wildman–Crippen MR) is 228 cm³/mol. The van der Waals surface area contributed by atoms with Crippen LogP contribution in [0.4, 0.5) is 4.79 Å². The van der Waals surface area contributed by atoms with Crippen molar-refractivity contribution in [3.63, 3.8) is 0 Å². The molecule has 16 heteroatoms. The van der Waals surface area contributed by atoms with Gasteiger partial charge in [0.05, 0.1) is 54.2 Å². The Bertz CT molecular complexity index is 2480. The Kier molecular flexibility index (Phi) is 11.2. The van der Waals surface area contributed by atoms with E-state index in [1.54, 1.807) is 22.2 Å². The number of rotatable bonds is 11. The number of H-pyrrole nitrogens is 2. The number of fused-ring (bicyclic) bond motifs is 5. The van der Waals surface area contributed by atoms with Gasteiger partial charge in [-0.1, -0.05) is 39.8 Å². The number of alkyl carbamates (subject to hydrolysis) is 1. The average Bonchev–Trinajstić information content (AvgIpc) is 4.09. The molecular weight excluding hydrogens is 779 g/mol. The Morgan fingerprint density at radius 3 is 1.95 bits per heavy atom. The molecule has 4 atom stereocenters. The molecule has 8 rings (SSSR count). The van der Waals surface area contributed by atoms with E-state index in [9.17, 15) is 24.3 Å². The van der Waals surface area contributed by atoms with Crippen LogP contribution in [0, 0.1) is 11.8 Å². The Morgan fingerprint density at radius 1 is 0.836 bits per heavy atom. The number of aliphatic hydroxyl groups excluding tert-OH is 1. The zero-order valence-electron chi connectivity index (χ0n) is 35.7. The van der Waals surface area contributed by atoms with Crippen LogP contribution in [-0.2, 0) is 24.8 Å². The van der Waals surface area contributed by atoms with Gasteiger partial charge in [-0.2, -0.15) is 0 Å². The summed E-state index contributed by atoms with van der Waals surface area (Å²) in [6.45, 7) is 12.1. The van der Waals surface area contributed by atoms with Crippen molar-refractivity contribution in [1.82, 2.24) is 44.9 Å². The molecule has 2 fully saturated rings. The molecule has 0 radical (unpaired) electrons. The summed E-state index contributed by atoms with van der Waals surface area (Å²) in [5.74, 6) is 0.939. The SMILES string of the molecule is COC(=O)NC(C(=O)N1CCCC1c1ncc(-c2ccc3c(c2)OC(C)(C)n2c-3cc3cc(-c4cnc(C5CCCN5C(=O)C(NC(=O)CO)C(C)C)[nH]4)ccc32)[nH]1)C(C)C. The second-order valence-corrected chi connectivity index (χ2v) is 17.4. The molecule has 61 heavy (non-hydrogen) atoms. The molecule has 322 valence electrons. The molecule has 5 aromatic rings. The number of carbonyl (C=O) groups excluding carboxylic acids is 4. The molecule has 6 heterocycles. The number of hydrogen-bond acceptors (Lipinski definition) is 9. The minimum Gasteiger partial charge on any atom is -0.467 e. The highest BCUT2D eigenvalue weighted by atomic mass is 16.5. The van der Waals surface area contributed by atoms with Crippen LogP contribution in [-0.4, -0.2) is 102 Å². The first-order valence-corrected chi connectivity index (χ1v) is 21.1. The van der Waals surface area contributed by atoms with E-state index in [4.69, 9.17) is 19.4 Å². The molecule has 5 N–H and O–H groups in total. The van der Waals surface area contributed by atoms with Crippen LogP contribution in [0.15, 0.2) is 54.9 Å². The molecule has 16 nitrogen and oxygen atoms in total. The molecule has 4 unspecified atom stereocenters. The fourth-order valence-electron chi connectivity index (χ4n) is 9.19. The van der Waals surface area contributed by atoms with E-state index in [-0.39, 0.29) is 35.7 Å². The van der Waals surface area contributed by atoms with Gasteiger partial charge in [-0.25, -0.2) is 14.8 Å². The molecule has 0 aliphatic carbocycles. The van der Waals surface area contributed by atoms with E-state index < -0.39 is 36.4 Å². The molecule has 3 aromatic heterocycles. The first-order chi connectivity index (χ1) is 29.2. The van der Waals surface area contributed by atoms with Crippen molar-refractivity contribution in [3.8, 4) is 39.5 Å². The molecular formula is C45H55N9O7. The van der Waals surface area contributed by atoms with E-state index in [0.29, 0.717) is 24.7 Å². The van der Waals surface area contributed by atoms with Gasteiger partial charge in [-0.3, -0.25) is 14.4 Å². The third kappa shape index (κ3) is 7.73. The summed E-state index contributed by atoms with van der Waals surface area (Å²) in [5, 5.41) is 15.7. The number of amides is 4. The highest BCUT2D eigenvalue weighted by molar-refractivity contribution is 5.93. The van der Waals surface area contributed by atoms with Gasteiger partial charge in [-0.15, -0.1) is 0 Å². The largest absolute Gasteiger partial charge is 0.467 e. The fraction of sp³-hybridized carbons (Fsp3) is 0.467. The number of imidazole rings is 2. The van der Waals surface area contributed by atoms with Gasteiger partial charge in [0.15, 0.2) is 5.72 Å². The van der Waals surface area contributed by atoms with Crippen molar-refractivity contribution in [2.75, 3.05) is 26.8 Å². The van der Waals surface area contributed by atoms with Gasteiger partial charge >= 0.3 is 6.09 Å². The van der Waals surface area contributed by atoms with Crippen molar-refractivity contribution in [2.24, 2.45) is 11.8 Å². The lowest BCUT2D eigenvalue weighted by Gasteiger charge is -2.36. The zero-order valence-corrected chi connectivity index (χ0v) is 35.7. The third-order valence-corrected chi connectivity index (χ3v) is 12.3. The van der Waals surface area contributed by atoms with Gasteiger partial charge in [0.2, 0.25) is 17.7 Å². The predicted octanol–water partition coefficient (Wildman–Crippen LogP) is 6.01. The number of likely N-dealkylation sites (tertiary alicyclic amines) is 2. The highest BCUT2D eigenvalue weighted by Crippen LogP contribution is 2.46. The lowest BCUT2D eigenvalue weighted by Crippen LogP contribution is -2.51. The van der Waals surface area contributed by atoms with Crippen LogP contribution in [0.2, 0.25) is 0 Å². The van der Waals surface area contributed by atoms with Crippen molar-refractivity contribution in [1.29, 1.82) is 0 Å². The molecule has 3 aliphatic heterocycles. The van der Waals surface area contributed by atoms with Crippen LogP contribution in [0.1, 0.15) is 91.0 Å². The summed E-state index contributed by atoms with van der Waals surface area (Å²) in [6, 6.07) is 12.7. The van der Waals surface area contributed by atoms with Crippen molar-refractivity contribution in [2.45, 2.75) is 97.1 Å². The Balaban J connectivity index is 1.03. The van der Waals surface area contributed by atoms with Crippen LogP contribution in [0.25, 0.3) is 44.7 Å². The van der Waals surface area contributed by atoms with E-state index in [1.807, 2.05) is 53.7 Å². The maximum atomic E-state index is 13.7. The minimum absolute atomic E-state index is 0.126. The summed E-state index contributed by atoms with van der Waals surface area (Å²) < 4.78 is 13.7. The second kappa shape index (κ2) is 16.4. The molecule has 2 saturated heterocycles. The summed E-state index contributed by atoms with van der Waals surface area (Å²) in [7, 11) is 1.29. The number of carbonyl (C=O) groups is 4. The number of nitrogens with zero attached hydrogens (tertiary/aromatic N) is 5. The van der Waals surface area contributed by atoms with Crippen molar-refractivity contribution in [3.05, 3.63) is 66.5 Å². The van der Waals surface area contributed by atoms with Gasteiger partial charge in [-0.05, 0) is 81.7 Å². The zero-order chi connectivity index (χ0) is 43.3. The molecule has 0 spiro atoms.